The average molecular weight is 248 g/mol. The molecule has 1 saturated heterocycles. The molecule has 0 aliphatic carbocycles. The number of rotatable bonds is 6. The maximum Gasteiger partial charge on any atom is 0.0574 e. The fraction of sp³-hybridized carbons (Fsp3) is 0.600. The molecule has 1 aliphatic rings. The summed E-state index contributed by atoms with van der Waals surface area (Å²) in [7, 11) is 0. The summed E-state index contributed by atoms with van der Waals surface area (Å²) < 4.78 is 5.26. The van der Waals surface area contributed by atoms with E-state index < -0.39 is 0 Å². The molecule has 1 aromatic carbocycles. The lowest BCUT2D eigenvalue weighted by atomic mass is 9.86. The lowest BCUT2D eigenvalue weighted by molar-refractivity contribution is -0.0979. The SMILES string of the molecule is CC(C)Cc1ccc(NCC2(CN)COC2)cc1. The van der Waals surface area contributed by atoms with Gasteiger partial charge in [-0.3, -0.25) is 0 Å². The minimum Gasteiger partial charge on any atom is -0.384 e. The number of anilines is 1. The van der Waals surface area contributed by atoms with Gasteiger partial charge in [0.1, 0.15) is 0 Å². The first kappa shape index (κ1) is 13.4. The molecule has 0 spiro atoms. The van der Waals surface area contributed by atoms with Crippen LogP contribution in [-0.4, -0.2) is 26.3 Å². The van der Waals surface area contributed by atoms with Crippen molar-refractivity contribution in [1.29, 1.82) is 0 Å². The summed E-state index contributed by atoms with van der Waals surface area (Å²) in [5.74, 6) is 0.705. The van der Waals surface area contributed by atoms with Crippen LogP contribution in [0.1, 0.15) is 19.4 Å². The zero-order valence-electron chi connectivity index (χ0n) is 11.4. The minimum absolute atomic E-state index is 0.149. The maximum atomic E-state index is 5.79. The molecule has 1 aromatic rings. The second-order valence-corrected chi connectivity index (χ2v) is 5.85. The fourth-order valence-corrected chi connectivity index (χ4v) is 2.20. The fourth-order valence-electron chi connectivity index (χ4n) is 2.20. The van der Waals surface area contributed by atoms with Gasteiger partial charge in [0, 0.05) is 24.2 Å². The van der Waals surface area contributed by atoms with Crippen molar-refractivity contribution in [3.05, 3.63) is 29.8 Å². The molecular formula is C15H24N2O. The number of hydrogen-bond donors (Lipinski definition) is 2. The van der Waals surface area contributed by atoms with Crippen molar-refractivity contribution >= 4 is 5.69 Å². The minimum atomic E-state index is 0.149. The van der Waals surface area contributed by atoms with Gasteiger partial charge in [-0.1, -0.05) is 26.0 Å². The second-order valence-electron chi connectivity index (χ2n) is 5.85. The van der Waals surface area contributed by atoms with Crippen molar-refractivity contribution in [3.63, 3.8) is 0 Å². The first-order chi connectivity index (χ1) is 8.63. The van der Waals surface area contributed by atoms with Crippen LogP contribution in [-0.2, 0) is 11.2 Å². The standard InChI is InChI=1S/C15H24N2O/c1-12(2)7-13-3-5-14(6-4-13)17-9-15(8-16)10-18-11-15/h3-6,12,17H,7-11,16H2,1-2H3. The van der Waals surface area contributed by atoms with Crippen molar-refractivity contribution in [3.8, 4) is 0 Å². The van der Waals surface area contributed by atoms with E-state index in [1.807, 2.05) is 0 Å². The molecule has 0 aromatic heterocycles. The van der Waals surface area contributed by atoms with Crippen molar-refractivity contribution in [2.75, 3.05) is 31.6 Å². The topological polar surface area (TPSA) is 47.3 Å². The molecule has 1 fully saturated rings. The van der Waals surface area contributed by atoms with Crippen molar-refractivity contribution in [2.45, 2.75) is 20.3 Å². The van der Waals surface area contributed by atoms with Crippen molar-refractivity contribution in [2.24, 2.45) is 17.1 Å². The van der Waals surface area contributed by atoms with Crippen LogP contribution in [0.4, 0.5) is 5.69 Å². The predicted octanol–water partition coefficient (Wildman–Crippen LogP) is 2.27. The summed E-state index contributed by atoms with van der Waals surface area (Å²) in [6, 6.07) is 8.71. The first-order valence-corrected chi connectivity index (χ1v) is 6.74. The van der Waals surface area contributed by atoms with E-state index in [-0.39, 0.29) is 5.41 Å². The Kier molecular flexibility index (Phi) is 4.25. The van der Waals surface area contributed by atoms with Gasteiger partial charge in [-0.25, -0.2) is 0 Å². The van der Waals surface area contributed by atoms with Gasteiger partial charge in [0.25, 0.3) is 0 Å². The highest BCUT2D eigenvalue weighted by Gasteiger charge is 2.36. The van der Waals surface area contributed by atoms with Gasteiger partial charge >= 0.3 is 0 Å². The van der Waals surface area contributed by atoms with E-state index in [2.05, 4.69) is 43.4 Å². The van der Waals surface area contributed by atoms with Crippen LogP contribution in [0.25, 0.3) is 0 Å². The molecule has 1 heterocycles. The molecule has 0 unspecified atom stereocenters. The van der Waals surface area contributed by atoms with Crippen LogP contribution in [0.2, 0.25) is 0 Å². The molecule has 0 saturated carbocycles. The van der Waals surface area contributed by atoms with Gasteiger partial charge < -0.3 is 15.8 Å². The van der Waals surface area contributed by atoms with Crippen LogP contribution >= 0.6 is 0 Å². The normalized spacial score (nSPS) is 17.6. The van der Waals surface area contributed by atoms with E-state index in [0.717, 1.165) is 26.2 Å². The van der Waals surface area contributed by atoms with E-state index in [0.29, 0.717) is 12.5 Å². The zero-order valence-corrected chi connectivity index (χ0v) is 11.4. The first-order valence-electron chi connectivity index (χ1n) is 6.74. The molecule has 3 nitrogen and oxygen atoms in total. The molecule has 0 amide bonds. The van der Waals surface area contributed by atoms with Gasteiger partial charge in [0.05, 0.1) is 13.2 Å². The van der Waals surface area contributed by atoms with Crippen LogP contribution in [0, 0.1) is 11.3 Å². The smallest absolute Gasteiger partial charge is 0.0574 e. The lowest BCUT2D eigenvalue weighted by Gasteiger charge is -2.40. The van der Waals surface area contributed by atoms with Crippen molar-refractivity contribution in [1.82, 2.24) is 0 Å². The van der Waals surface area contributed by atoms with E-state index in [1.165, 1.54) is 11.3 Å². The average Bonchev–Trinajstić information content (AvgIpc) is 2.30. The largest absolute Gasteiger partial charge is 0.384 e. The monoisotopic (exact) mass is 248 g/mol. The Hall–Kier alpha value is -1.06. The molecule has 0 atom stereocenters. The Morgan fingerprint density at radius 2 is 1.94 bits per heavy atom. The van der Waals surface area contributed by atoms with Gasteiger partial charge in [-0.15, -0.1) is 0 Å². The third kappa shape index (κ3) is 3.24. The van der Waals surface area contributed by atoms with Crippen LogP contribution in [0.5, 0.6) is 0 Å². The van der Waals surface area contributed by atoms with E-state index in [4.69, 9.17) is 10.5 Å². The number of hydrogen-bond acceptors (Lipinski definition) is 3. The summed E-state index contributed by atoms with van der Waals surface area (Å²) in [6.07, 6.45) is 1.14. The van der Waals surface area contributed by atoms with Crippen LogP contribution < -0.4 is 11.1 Å². The third-order valence-electron chi connectivity index (χ3n) is 3.51. The highest BCUT2D eigenvalue weighted by Crippen LogP contribution is 2.26. The third-order valence-corrected chi connectivity index (χ3v) is 3.51. The Morgan fingerprint density at radius 1 is 1.28 bits per heavy atom. The molecule has 1 aliphatic heterocycles. The Balaban J connectivity index is 1.86. The van der Waals surface area contributed by atoms with Gasteiger partial charge in [-0.05, 0) is 30.0 Å². The molecule has 100 valence electrons. The van der Waals surface area contributed by atoms with Crippen molar-refractivity contribution < 1.29 is 4.74 Å². The number of nitrogens with one attached hydrogen (secondary N) is 1. The summed E-state index contributed by atoms with van der Waals surface area (Å²) >= 11 is 0. The second kappa shape index (κ2) is 5.72. The maximum absolute atomic E-state index is 5.79. The molecule has 0 radical (unpaired) electrons. The molecule has 3 heteroatoms. The molecular weight excluding hydrogens is 224 g/mol. The van der Waals surface area contributed by atoms with Crippen LogP contribution in [0.3, 0.4) is 0 Å². The number of ether oxygens (including phenoxy) is 1. The van der Waals surface area contributed by atoms with E-state index in [1.54, 1.807) is 0 Å². The summed E-state index contributed by atoms with van der Waals surface area (Å²) in [5.41, 5.74) is 8.51. The summed E-state index contributed by atoms with van der Waals surface area (Å²) in [4.78, 5) is 0. The zero-order chi connectivity index (χ0) is 13.0. The Bertz CT molecular complexity index is 363. The molecule has 18 heavy (non-hydrogen) atoms. The van der Waals surface area contributed by atoms with E-state index in [9.17, 15) is 0 Å². The quantitative estimate of drug-likeness (QED) is 0.812. The van der Waals surface area contributed by atoms with Crippen LogP contribution in [0.15, 0.2) is 24.3 Å². The molecule has 0 bridgehead atoms. The van der Waals surface area contributed by atoms with Gasteiger partial charge in [-0.2, -0.15) is 0 Å². The number of benzene rings is 1. The molecule has 3 N–H and O–H groups in total. The lowest BCUT2D eigenvalue weighted by Crippen LogP contribution is -2.52. The van der Waals surface area contributed by atoms with Gasteiger partial charge in [0.15, 0.2) is 0 Å². The Morgan fingerprint density at radius 3 is 2.39 bits per heavy atom. The van der Waals surface area contributed by atoms with E-state index >= 15 is 0 Å². The van der Waals surface area contributed by atoms with Gasteiger partial charge in [0.2, 0.25) is 0 Å². The summed E-state index contributed by atoms with van der Waals surface area (Å²) in [5, 5.41) is 3.46. The Labute approximate surface area is 110 Å². The predicted molar refractivity (Wildman–Crippen MR) is 75.8 cm³/mol. The highest BCUT2D eigenvalue weighted by molar-refractivity contribution is 5.45. The summed E-state index contributed by atoms with van der Waals surface area (Å²) in [6.45, 7) is 7.63. The molecule has 2 rings (SSSR count). The number of nitrogens with two attached hydrogens (primary N) is 1. The highest BCUT2D eigenvalue weighted by atomic mass is 16.5.